The van der Waals surface area contributed by atoms with E-state index in [2.05, 4.69) is 18.7 Å². The third-order valence-corrected chi connectivity index (χ3v) is 3.59. The van der Waals surface area contributed by atoms with Crippen molar-refractivity contribution in [3.05, 3.63) is 34.6 Å². The maximum atomic E-state index is 13.5. The van der Waals surface area contributed by atoms with Gasteiger partial charge in [-0.3, -0.25) is 4.90 Å². The summed E-state index contributed by atoms with van der Waals surface area (Å²) in [6.45, 7) is 6.31. The largest absolute Gasteiger partial charge is 0.326 e. The zero-order valence-corrected chi connectivity index (χ0v) is 11.6. The predicted molar refractivity (Wildman–Crippen MR) is 73.2 cm³/mol. The Kier molecular flexibility index (Phi) is 4.25. The van der Waals surface area contributed by atoms with Crippen molar-refractivity contribution in [2.75, 3.05) is 13.1 Å². The number of nitrogens with zero attached hydrogens (tertiary/aromatic N) is 1. The van der Waals surface area contributed by atoms with Gasteiger partial charge in [0.05, 0.1) is 6.04 Å². The first-order valence-corrected chi connectivity index (χ1v) is 6.81. The molecule has 0 amide bonds. The SMILES string of the molecule is CC(C)CN1CCC(N)C1c1cc(F)cc(Cl)c1. The van der Waals surface area contributed by atoms with Crippen LogP contribution in [0.3, 0.4) is 0 Å². The van der Waals surface area contributed by atoms with E-state index in [0.29, 0.717) is 10.9 Å². The van der Waals surface area contributed by atoms with E-state index >= 15 is 0 Å². The van der Waals surface area contributed by atoms with Crippen LogP contribution >= 0.6 is 11.6 Å². The molecular weight excluding hydrogens is 251 g/mol. The third kappa shape index (κ3) is 3.02. The lowest BCUT2D eigenvalue weighted by molar-refractivity contribution is 0.221. The summed E-state index contributed by atoms with van der Waals surface area (Å²) in [5.41, 5.74) is 7.06. The molecule has 18 heavy (non-hydrogen) atoms. The number of rotatable bonds is 3. The smallest absolute Gasteiger partial charge is 0.125 e. The van der Waals surface area contributed by atoms with E-state index in [4.69, 9.17) is 17.3 Å². The highest BCUT2D eigenvalue weighted by Crippen LogP contribution is 2.33. The maximum Gasteiger partial charge on any atom is 0.125 e. The van der Waals surface area contributed by atoms with Gasteiger partial charge in [0.1, 0.15) is 5.82 Å². The van der Waals surface area contributed by atoms with Crippen LogP contribution < -0.4 is 5.73 Å². The van der Waals surface area contributed by atoms with Gasteiger partial charge in [0.2, 0.25) is 0 Å². The molecule has 0 radical (unpaired) electrons. The van der Waals surface area contributed by atoms with Gasteiger partial charge in [-0.15, -0.1) is 0 Å². The number of nitrogens with two attached hydrogens (primary N) is 1. The lowest BCUT2D eigenvalue weighted by Gasteiger charge is -2.28. The van der Waals surface area contributed by atoms with Crippen LogP contribution in [-0.2, 0) is 0 Å². The summed E-state index contributed by atoms with van der Waals surface area (Å²) < 4.78 is 13.5. The molecule has 100 valence electrons. The molecule has 1 aromatic carbocycles. The first-order valence-electron chi connectivity index (χ1n) is 6.43. The van der Waals surface area contributed by atoms with Gasteiger partial charge in [-0.25, -0.2) is 4.39 Å². The van der Waals surface area contributed by atoms with Gasteiger partial charge < -0.3 is 5.73 Å². The van der Waals surface area contributed by atoms with Crippen LogP contribution in [0.4, 0.5) is 4.39 Å². The van der Waals surface area contributed by atoms with Gasteiger partial charge in [-0.05, 0) is 36.1 Å². The summed E-state index contributed by atoms with van der Waals surface area (Å²) in [7, 11) is 0. The minimum atomic E-state index is -0.291. The highest BCUT2D eigenvalue weighted by atomic mass is 35.5. The normalized spacial score (nSPS) is 25.0. The summed E-state index contributed by atoms with van der Waals surface area (Å²) in [5, 5.41) is 0.439. The van der Waals surface area contributed by atoms with Gasteiger partial charge in [0.15, 0.2) is 0 Å². The average Bonchev–Trinajstić information content (AvgIpc) is 2.57. The zero-order chi connectivity index (χ0) is 13.3. The van der Waals surface area contributed by atoms with Crippen molar-refractivity contribution >= 4 is 11.6 Å². The molecule has 4 heteroatoms. The van der Waals surface area contributed by atoms with Crippen molar-refractivity contribution in [1.29, 1.82) is 0 Å². The van der Waals surface area contributed by atoms with Crippen molar-refractivity contribution in [2.45, 2.75) is 32.4 Å². The van der Waals surface area contributed by atoms with E-state index in [-0.39, 0.29) is 17.9 Å². The molecule has 0 spiro atoms. The Balaban J connectivity index is 2.27. The minimum Gasteiger partial charge on any atom is -0.326 e. The molecule has 1 aromatic rings. The number of hydrogen-bond acceptors (Lipinski definition) is 2. The van der Waals surface area contributed by atoms with Crippen LogP contribution in [0.25, 0.3) is 0 Å². The number of hydrogen-bond donors (Lipinski definition) is 1. The predicted octanol–water partition coefficient (Wildman–Crippen LogP) is 3.21. The second kappa shape index (κ2) is 5.55. The van der Waals surface area contributed by atoms with Crippen LogP contribution in [0.15, 0.2) is 18.2 Å². The van der Waals surface area contributed by atoms with Crippen LogP contribution in [0.5, 0.6) is 0 Å². The van der Waals surface area contributed by atoms with Crippen molar-refractivity contribution in [1.82, 2.24) is 4.90 Å². The molecule has 1 aliphatic rings. The second-order valence-electron chi connectivity index (χ2n) is 5.49. The monoisotopic (exact) mass is 270 g/mol. The van der Waals surface area contributed by atoms with Gasteiger partial charge in [0, 0.05) is 24.2 Å². The Bertz CT molecular complexity index is 402. The standard InChI is InChI=1S/C14H20ClFN2/c1-9(2)8-18-4-3-13(17)14(18)10-5-11(15)7-12(16)6-10/h5-7,9,13-14H,3-4,8,17H2,1-2H3. The van der Waals surface area contributed by atoms with Crippen LogP contribution in [0, 0.1) is 11.7 Å². The molecule has 1 heterocycles. The van der Waals surface area contributed by atoms with Crippen LogP contribution in [-0.4, -0.2) is 24.0 Å². The molecule has 0 aromatic heterocycles. The van der Waals surface area contributed by atoms with E-state index in [1.807, 2.05) is 6.07 Å². The van der Waals surface area contributed by atoms with Crippen LogP contribution in [0.2, 0.25) is 5.02 Å². The molecule has 2 nitrogen and oxygen atoms in total. The van der Waals surface area contributed by atoms with Gasteiger partial charge >= 0.3 is 0 Å². The fraction of sp³-hybridized carbons (Fsp3) is 0.571. The summed E-state index contributed by atoms with van der Waals surface area (Å²) in [6, 6.07) is 4.85. The van der Waals surface area contributed by atoms with E-state index in [9.17, 15) is 4.39 Å². The molecule has 1 fully saturated rings. The Labute approximate surface area is 113 Å². The lowest BCUT2D eigenvalue weighted by atomic mass is 10.00. The fourth-order valence-electron chi connectivity index (χ4n) is 2.76. The average molecular weight is 271 g/mol. The molecule has 2 rings (SSSR count). The Hall–Kier alpha value is -0.640. The van der Waals surface area contributed by atoms with Crippen LogP contribution in [0.1, 0.15) is 31.9 Å². The van der Waals surface area contributed by atoms with Crippen molar-refractivity contribution < 1.29 is 4.39 Å². The number of benzene rings is 1. The molecule has 2 unspecified atom stereocenters. The van der Waals surface area contributed by atoms with E-state index < -0.39 is 0 Å². The zero-order valence-electron chi connectivity index (χ0n) is 10.9. The Morgan fingerprint density at radius 1 is 1.44 bits per heavy atom. The Morgan fingerprint density at radius 3 is 2.78 bits per heavy atom. The number of likely N-dealkylation sites (tertiary alicyclic amines) is 1. The van der Waals surface area contributed by atoms with Crippen molar-refractivity contribution in [3.8, 4) is 0 Å². The Morgan fingerprint density at radius 2 is 2.17 bits per heavy atom. The second-order valence-corrected chi connectivity index (χ2v) is 5.93. The topological polar surface area (TPSA) is 29.3 Å². The van der Waals surface area contributed by atoms with E-state index in [1.54, 1.807) is 6.07 Å². The molecule has 0 aliphatic carbocycles. The first kappa shape index (κ1) is 13.8. The molecule has 0 saturated carbocycles. The summed E-state index contributed by atoms with van der Waals surface area (Å²) in [6.07, 6.45) is 0.950. The molecular formula is C14H20ClFN2. The van der Waals surface area contributed by atoms with Gasteiger partial charge in [0.25, 0.3) is 0 Å². The quantitative estimate of drug-likeness (QED) is 0.914. The first-order chi connectivity index (χ1) is 8.47. The lowest BCUT2D eigenvalue weighted by Crippen LogP contribution is -2.34. The summed E-state index contributed by atoms with van der Waals surface area (Å²) >= 11 is 5.93. The highest BCUT2D eigenvalue weighted by Gasteiger charge is 2.33. The van der Waals surface area contributed by atoms with E-state index in [0.717, 1.165) is 25.1 Å². The molecule has 2 N–H and O–H groups in total. The highest BCUT2D eigenvalue weighted by molar-refractivity contribution is 6.30. The third-order valence-electron chi connectivity index (χ3n) is 3.37. The van der Waals surface area contributed by atoms with E-state index in [1.165, 1.54) is 6.07 Å². The fourth-order valence-corrected chi connectivity index (χ4v) is 2.99. The number of halogens is 2. The maximum absolute atomic E-state index is 13.5. The van der Waals surface area contributed by atoms with Crippen molar-refractivity contribution in [3.63, 3.8) is 0 Å². The summed E-state index contributed by atoms with van der Waals surface area (Å²) in [5.74, 6) is 0.280. The van der Waals surface area contributed by atoms with Gasteiger partial charge in [-0.2, -0.15) is 0 Å². The van der Waals surface area contributed by atoms with Gasteiger partial charge in [-0.1, -0.05) is 25.4 Å². The summed E-state index contributed by atoms with van der Waals surface area (Å²) in [4.78, 5) is 2.33. The molecule has 1 saturated heterocycles. The minimum absolute atomic E-state index is 0.0571. The molecule has 0 bridgehead atoms. The molecule has 2 atom stereocenters. The van der Waals surface area contributed by atoms with Crippen molar-refractivity contribution in [2.24, 2.45) is 11.7 Å². The molecule has 1 aliphatic heterocycles.